The van der Waals surface area contributed by atoms with Crippen molar-refractivity contribution in [3.05, 3.63) is 321 Å². The van der Waals surface area contributed by atoms with Gasteiger partial charge in [-0.3, -0.25) is 4.57 Å². The highest BCUT2D eigenvalue weighted by atomic mass is 15.1. The third-order valence-corrected chi connectivity index (χ3v) is 18.7. The number of nitriles is 2. The smallest absolute Gasteiger partial charge is 0.147 e. The standard InChI is InChI=1S/C85H51N7/c86-52-60-24-19-31-69(72(60)53-87)82-81(56-20-3-1-4-21-56)85(92-78-37-18-12-30-68(78)71-51-59(43-49-80(71)92)55-40-46-62(47-41-55)90-75-34-15-9-27-65(75)66-28-10-16-35-76(66)90)88-83(57-22-5-2-6-23-57)84(82)91-77-36-17-11-29-67(77)70-50-58(42-48-79(70)91)54-38-44-61(45-39-54)89-73-32-13-7-25-63(73)64-26-8-14-33-74(64)89/h1-51H. The Labute approximate surface area is 529 Å². The minimum absolute atomic E-state index is 0.285. The van der Waals surface area contributed by atoms with Gasteiger partial charge in [0.1, 0.15) is 18.0 Å². The summed E-state index contributed by atoms with van der Waals surface area (Å²) in [5.41, 5.74) is 21.2. The molecule has 5 heterocycles. The molecule has 0 unspecified atom stereocenters. The SMILES string of the molecule is N#Cc1cccc(-c2c(-c3ccccc3)c(-n3c4ccccc4c4cc(-c5ccc(-n6c7ccccc7c7ccccc76)cc5)ccc43)nc(-c3ccccc3)c2-n2c3ccccc3c3cc(-c4ccc(-n5c6ccccc6c6ccccc65)cc4)ccc32)c1C#N. The fourth-order valence-corrected chi connectivity index (χ4v) is 14.6. The molecule has 5 aromatic heterocycles. The first kappa shape index (κ1) is 52.3. The monoisotopic (exact) mass is 1170 g/mol. The lowest BCUT2D eigenvalue weighted by atomic mass is 9.87. The molecule has 0 fully saturated rings. The molecule has 0 bridgehead atoms. The van der Waals surface area contributed by atoms with Crippen molar-refractivity contribution in [2.75, 3.05) is 0 Å². The van der Waals surface area contributed by atoms with Gasteiger partial charge < -0.3 is 13.7 Å². The lowest BCUT2D eigenvalue weighted by molar-refractivity contribution is 1.06. The van der Waals surface area contributed by atoms with Crippen molar-refractivity contribution >= 4 is 87.2 Å². The number of hydrogen-bond donors (Lipinski definition) is 0. The van der Waals surface area contributed by atoms with Crippen molar-refractivity contribution in [2.45, 2.75) is 0 Å². The van der Waals surface area contributed by atoms with Gasteiger partial charge in [0.15, 0.2) is 0 Å². The minimum atomic E-state index is 0.285. The normalized spacial score (nSPS) is 11.7. The van der Waals surface area contributed by atoms with Crippen LogP contribution >= 0.6 is 0 Å². The molecular weight excluding hydrogens is 1120 g/mol. The lowest BCUT2D eigenvalue weighted by Gasteiger charge is -2.26. The topological polar surface area (TPSA) is 80.2 Å². The van der Waals surface area contributed by atoms with Crippen molar-refractivity contribution in [1.82, 2.24) is 23.3 Å². The second kappa shape index (κ2) is 20.9. The Morgan fingerprint density at radius 3 is 1.08 bits per heavy atom. The quantitative estimate of drug-likeness (QED) is 0.144. The summed E-state index contributed by atoms with van der Waals surface area (Å²) in [7, 11) is 0. The summed E-state index contributed by atoms with van der Waals surface area (Å²) in [4.78, 5) is 6.10. The van der Waals surface area contributed by atoms with Crippen LogP contribution in [-0.2, 0) is 0 Å². The van der Waals surface area contributed by atoms with Crippen LogP contribution in [-0.4, -0.2) is 23.3 Å². The Bertz CT molecular complexity index is 6020. The van der Waals surface area contributed by atoms with E-state index in [1.54, 1.807) is 6.07 Å². The van der Waals surface area contributed by atoms with Gasteiger partial charge in [0.25, 0.3) is 0 Å². The van der Waals surface area contributed by atoms with E-state index in [9.17, 15) is 10.5 Å². The number of fused-ring (bicyclic) bond motifs is 12. The van der Waals surface area contributed by atoms with E-state index in [2.05, 4.69) is 309 Å². The van der Waals surface area contributed by atoms with Gasteiger partial charge in [-0.05, 0) is 119 Å². The second-order valence-corrected chi connectivity index (χ2v) is 23.6. The van der Waals surface area contributed by atoms with E-state index in [-0.39, 0.29) is 11.1 Å². The molecule has 426 valence electrons. The molecule has 0 aliphatic rings. The van der Waals surface area contributed by atoms with Gasteiger partial charge in [-0.15, -0.1) is 0 Å². The summed E-state index contributed by atoms with van der Waals surface area (Å²) in [5, 5.41) is 31.6. The highest BCUT2D eigenvalue weighted by molar-refractivity contribution is 6.16. The first-order valence-corrected chi connectivity index (χ1v) is 31.0. The van der Waals surface area contributed by atoms with E-state index in [4.69, 9.17) is 4.98 Å². The average Bonchev–Trinajstić information content (AvgIpc) is 1.31. The largest absolute Gasteiger partial charge is 0.309 e. The highest BCUT2D eigenvalue weighted by Crippen LogP contribution is 2.50. The summed E-state index contributed by atoms with van der Waals surface area (Å²) < 4.78 is 9.37. The van der Waals surface area contributed by atoms with Gasteiger partial charge >= 0.3 is 0 Å². The van der Waals surface area contributed by atoms with Crippen LogP contribution in [0.15, 0.2) is 309 Å². The van der Waals surface area contributed by atoms with Crippen molar-refractivity contribution < 1.29 is 0 Å². The third kappa shape index (κ3) is 7.96. The van der Waals surface area contributed by atoms with Gasteiger partial charge in [-0.25, -0.2) is 4.98 Å². The van der Waals surface area contributed by atoms with Gasteiger partial charge in [-0.1, -0.05) is 218 Å². The molecule has 0 saturated heterocycles. The van der Waals surface area contributed by atoms with E-state index in [0.29, 0.717) is 17.1 Å². The zero-order chi connectivity index (χ0) is 61.0. The van der Waals surface area contributed by atoms with Crippen LogP contribution in [0.2, 0.25) is 0 Å². The summed E-state index contributed by atoms with van der Waals surface area (Å²) in [5.74, 6) is 0.682. The second-order valence-electron chi connectivity index (χ2n) is 23.6. The molecule has 7 heteroatoms. The molecule has 18 rings (SSSR count). The Morgan fingerprint density at radius 2 is 0.630 bits per heavy atom. The molecule has 0 spiro atoms. The van der Waals surface area contributed by atoms with E-state index in [0.717, 1.165) is 105 Å². The van der Waals surface area contributed by atoms with Gasteiger partial charge in [0, 0.05) is 76.7 Å². The van der Waals surface area contributed by atoms with Crippen LogP contribution in [0.25, 0.3) is 166 Å². The molecule has 92 heavy (non-hydrogen) atoms. The van der Waals surface area contributed by atoms with Gasteiger partial charge in [0.2, 0.25) is 0 Å². The van der Waals surface area contributed by atoms with Gasteiger partial charge in [0.05, 0.1) is 66.6 Å². The number of hydrogen-bond acceptors (Lipinski definition) is 3. The first-order valence-electron chi connectivity index (χ1n) is 31.0. The van der Waals surface area contributed by atoms with Crippen molar-refractivity contribution in [3.8, 4) is 90.8 Å². The molecule has 0 aliphatic heterocycles. The van der Waals surface area contributed by atoms with E-state index < -0.39 is 0 Å². The Balaban J connectivity index is 0.875. The van der Waals surface area contributed by atoms with E-state index in [1.807, 2.05) is 24.3 Å². The third-order valence-electron chi connectivity index (χ3n) is 18.7. The Hall–Kier alpha value is -12.8. The number of nitrogens with zero attached hydrogens (tertiary/aromatic N) is 7. The summed E-state index contributed by atoms with van der Waals surface area (Å²) in [6, 6.07) is 114. The molecule has 7 nitrogen and oxygen atoms in total. The maximum Gasteiger partial charge on any atom is 0.147 e. The Kier molecular flexibility index (Phi) is 11.9. The number of aromatic nitrogens is 5. The van der Waals surface area contributed by atoms with Crippen LogP contribution in [0.4, 0.5) is 0 Å². The molecule has 0 aliphatic carbocycles. The number of pyridine rings is 1. The predicted molar refractivity (Wildman–Crippen MR) is 378 cm³/mol. The summed E-state index contributed by atoms with van der Waals surface area (Å²) in [6.07, 6.45) is 0. The van der Waals surface area contributed by atoms with Crippen molar-refractivity contribution in [1.29, 1.82) is 10.5 Å². The Morgan fingerprint density at radius 1 is 0.261 bits per heavy atom. The zero-order valence-corrected chi connectivity index (χ0v) is 49.6. The van der Waals surface area contributed by atoms with Crippen LogP contribution in [0.5, 0.6) is 0 Å². The first-order chi connectivity index (χ1) is 45.6. The minimum Gasteiger partial charge on any atom is -0.309 e. The fourth-order valence-electron chi connectivity index (χ4n) is 14.6. The molecule has 13 aromatic carbocycles. The van der Waals surface area contributed by atoms with E-state index in [1.165, 1.54) is 43.6 Å². The molecule has 0 saturated carbocycles. The molecule has 0 atom stereocenters. The maximum absolute atomic E-state index is 11.5. The summed E-state index contributed by atoms with van der Waals surface area (Å²) >= 11 is 0. The van der Waals surface area contributed by atoms with Crippen LogP contribution in [0, 0.1) is 22.7 Å². The molecular formula is C85H51N7. The van der Waals surface area contributed by atoms with E-state index >= 15 is 0 Å². The predicted octanol–water partition coefficient (Wildman–Crippen LogP) is 21.5. The zero-order valence-electron chi connectivity index (χ0n) is 49.6. The summed E-state index contributed by atoms with van der Waals surface area (Å²) in [6.45, 7) is 0. The molecule has 0 amide bonds. The molecule has 0 radical (unpaired) electrons. The number of para-hydroxylation sites is 6. The molecule has 0 N–H and O–H groups in total. The average molecular weight is 1170 g/mol. The number of rotatable bonds is 9. The maximum atomic E-state index is 11.5. The fraction of sp³-hybridized carbons (Fsp3) is 0. The lowest BCUT2D eigenvalue weighted by Crippen LogP contribution is -2.11. The van der Waals surface area contributed by atoms with Gasteiger partial charge in [-0.2, -0.15) is 10.5 Å². The van der Waals surface area contributed by atoms with Crippen LogP contribution in [0.3, 0.4) is 0 Å². The number of benzene rings is 13. The van der Waals surface area contributed by atoms with Crippen LogP contribution in [0.1, 0.15) is 11.1 Å². The molecule has 18 aromatic rings. The highest BCUT2D eigenvalue weighted by Gasteiger charge is 2.31. The van der Waals surface area contributed by atoms with Crippen molar-refractivity contribution in [3.63, 3.8) is 0 Å². The van der Waals surface area contributed by atoms with Crippen molar-refractivity contribution in [2.24, 2.45) is 0 Å². The van der Waals surface area contributed by atoms with Crippen LogP contribution < -0.4 is 0 Å².